The van der Waals surface area contributed by atoms with Crippen molar-refractivity contribution in [2.75, 3.05) is 0 Å². The summed E-state index contributed by atoms with van der Waals surface area (Å²) in [6.45, 7) is 0. The molecule has 0 spiro atoms. The molecule has 5 heteroatoms. The number of fused-ring (bicyclic) bond motifs is 9. The van der Waals surface area contributed by atoms with Crippen LogP contribution in [0.4, 0.5) is 0 Å². The first-order valence-corrected chi connectivity index (χ1v) is 18.3. The van der Waals surface area contributed by atoms with Gasteiger partial charge in [0.25, 0.3) is 0 Å². The van der Waals surface area contributed by atoms with E-state index in [1.807, 2.05) is 42.5 Å². The van der Waals surface area contributed by atoms with E-state index in [1.165, 1.54) is 32.6 Å². The lowest BCUT2D eigenvalue weighted by Crippen LogP contribution is -2.01. The van der Waals surface area contributed by atoms with Crippen molar-refractivity contribution in [3.8, 4) is 40.3 Å². The number of benzene rings is 8. The van der Waals surface area contributed by atoms with Crippen LogP contribution in [0.1, 0.15) is 11.1 Å². The van der Waals surface area contributed by atoms with Gasteiger partial charge in [0.05, 0.1) is 56.0 Å². The first-order valence-electron chi connectivity index (χ1n) is 18.3. The number of aromatic nitrogens is 3. The fourth-order valence-corrected chi connectivity index (χ4v) is 8.78. The molecule has 0 fully saturated rings. The third-order valence-corrected chi connectivity index (χ3v) is 11.1. The molecule has 0 aliphatic rings. The molecule has 0 saturated carbocycles. The molecule has 5 nitrogen and oxygen atoms in total. The number of para-hydroxylation sites is 5. The van der Waals surface area contributed by atoms with Gasteiger partial charge in [0, 0.05) is 49.3 Å². The zero-order valence-corrected chi connectivity index (χ0v) is 29.5. The second kappa shape index (κ2) is 11.8. The fraction of sp³-hybridized carbons (Fsp3) is 0. The number of nitriles is 2. The van der Waals surface area contributed by atoms with Gasteiger partial charge in [-0.15, -0.1) is 0 Å². The Hall–Kier alpha value is -7.86. The highest BCUT2D eigenvalue weighted by atomic mass is 15.0. The molecule has 254 valence electrons. The minimum atomic E-state index is 0.572. The Morgan fingerprint density at radius 3 is 1.51 bits per heavy atom. The standard InChI is InChI=1S/C50H29N5/c51-30-32-23-26-48-43(27-32)41-17-4-8-22-47(41)55(48)50-34(31-52)12-10-18-37(50)33-11-9-13-35(28-33)54-46-21-7-3-16-40(46)42-25-24-36(29-49(42)54)53-44-19-5-1-14-38(44)39-15-2-6-20-45(39)53/h1-29H. The molecule has 0 aliphatic carbocycles. The molecule has 3 heterocycles. The molecule has 3 aromatic heterocycles. The minimum Gasteiger partial charge on any atom is -0.309 e. The van der Waals surface area contributed by atoms with E-state index in [1.54, 1.807) is 0 Å². The molecular formula is C50H29N5. The monoisotopic (exact) mass is 699 g/mol. The van der Waals surface area contributed by atoms with Crippen molar-refractivity contribution in [1.82, 2.24) is 13.7 Å². The molecular weight excluding hydrogens is 671 g/mol. The van der Waals surface area contributed by atoms with Crippen molar-refractivity contribution in [2.45, 2.75) is 0 Å². The maximum absolute atomic E-state index is 10.6. The Morgan fingerprint density at radius 2 is 0.873 bits per heavy atom. The topological polar surface area (TPSA) is 62.4 Å². The van der Waals surface area contributed by atoms with Crippen molar-refractivity contribution in [2.24, 2.45) is 0 Å². The molecule has 11 aromatic rings. The van der Waals surface area contributed by atoms with Crippen LogP contribution in [0.2, 0.25) is 0 Å². The average Bonchev–Trinajstić information content (AvgIpc) is 3.88. The second-order valence-electron chi connectivity index (χ2n) is 14.0. The smallest absolute Gasteiger partial charge is 0.101 e. The molecule has 0 radical (unpaired) electrons. The van der Waals surface area contributed by atoms with E-state index >= 15 is 0 Å². The summed E-state index contributed by atoms with van der Waals surface area (Å²) in [6.07, 6.45) is 0. The molecule has 11 rings (SSSR count). The lowest BCUT2D eigenvalue weighted by atomic mass is 9.99. The SMILES string of the molecule is N#Cc1ccc2c(c1)c1ccccc1n2-c1c(C#N)cccc1-c1cccc(-n2c3ccccc3c3ccc(-n4c5ccccc5c5ccccc54)cc32)c1. The lowest BCUT2D eigenvalue weighted by molar-refractivity contribution is 1.15. The molecule has 55 heavy (non-hydrogen) atoms. The Bertz CT molecular complexity index is 3420. The van der Waals surface area contributed by atoms with Gasteiger partial charge in [0.15, 0.2) is 0 Å². The first kappa shape index (κ1) is 30.7. The van der Waals surface area contributed by atoms with Crippen molar-refractivity contribution in [3.63, 3.8) is 0 Å². The van der Waals surface area contributed by atoms with E-state index in [4.69, 9.17) is 0 Å². The van der Waals surface area contributed by atoms with Gasteiger partial charge in [-0.05, 0) is 78.4 Å². The summed E-state index contributed by atoms with van der Waals surface area (Å²) in [7, 11) is 0. The van der Waals surface area contributed by atoms with Crippen LogP contribution < -0.4 is 0 Å². The van der Waals surface area contributed by atoms with Gasteiger partial charge in [0.2, 0.25) is 0 Å². The Morgan fingerprint density at radius 1 is 0.345 bits per heavy atom. The molecule has 0 atom stereocenters. The third kappa shape index (κ3) is 4.45. The van der Waals surface area contributed by atoms with Crippen molar-refractivity contribution >= 4 is 65.4 Å². The fourth-order valence-electron chi connectivity index (χ4n) is 8.78. The summed E-state index contributed by atoms with van der Waals surface area (Å²) >= 11 is 0. The van der Waals surface area contributed by atoms with Crippen molar-refractivity contribution < 1.29 is 0 Å². The number of hydrogen-bond acceptors (Lipinski definition) is 2. The second-order valence-corrected chi connectivity index (χ2v) is 14.0. The van der Waals surface area contributed by atoms with Gasteiger partial charge >= 0.3 is 0 Å². The summed E-state index contributed by atoms with van der Waals surface area (Å²) in [5.41, 5.74) is 12.5. The average molecular weight is 700 g/mol. The van der Waals surface area contributed by atoms with Crippen LogP contribution in [0.5, 0.6) is 0 Å². The van der Waals surface area contributed by atoms with Crippen LogP contribution in [0.15, 0.2) is 176 Å². The van der Waals surface area contributed by atoms with Gasteiger partial charge in [-0.25, -0.2) is 0 Å². The zero-order chi connectivity index (χ0) is 36.6. The van der Waals surface area contributed by atoms with Gasteiger partial charge in [0.1, 0.15) is 6.07 Å². The third-order valence-electron chi connectivity index (χ3n) is 11.1. The van der Waals surface area contributed by atoms with Crippen LogP contribution in [0.3, 0.4) is 0 Å². The lowest BCUT2D eigenvalue weighted by Gasteiger charge is -2.17. The summed E-state index contributed by atoms with van der Waals surface area (Å²) in [6, 6.07) is 66.0. The number of rotatable bonds is 4. The Balaban J connectivity index is 1.16. The van der Waals surface area contributed by atoms with Gasteiger partial charge < -0.3 is 13.7 Å². The van der Waals surface area contributed by atoms with Gasteiger partial charge in [-0.2, -0.15) is 10.5 Å². The van der Waals surface area contributed by atoms with Gasteiger partial charge in [-0.1, -0.05) is 103 Å². The highest BCUT2D eigenvalue weighted by Crippen LogP contribution is 2.41. The molecule has 8 aromatic carbocycles. The van der Waals surface area contributed by atoms with E-state index in [2.05, 4.69) is 159 Å². The first-order chi connectivity index (χ1) is 27.2. The summed E-state index contributed by atoms with van der Waals surface area (Å²) in [5.74, 6) is 0. The number of hydrogen-bond donors (Lipinski definition) is 0. The van der Waals surface area contributed by atoms with E-state index in [-0.39, 0.29) is 0 Å². The molecule has 0 unspecified atom stereocenters. The quantitative estimate of drug-likeness (QED) is 0.184. The summed E-state index contributed by atoms with van der Waals surface area (Å²) < 4.78 is 6.92. The van der Waals surface area contributed by atoms with Crippen molar-refractivity contribution in [3.05, 3.63) is 187 Å². The van der Waals surface area contributed by atoms with E-state index in [0.717, 1.165) is 61.0 Å². The Labute approximate surface area is 316 Å². The van der Waals surface area contributed by atoms with Crippen LogP contribution in [0, 0.1) is 22.7 Å². The Kier molecular flexibility index (Phi) is 6.61. The predicted octanol–water partition coefficient (Wildman–Crippen LogP) is 12.4. The molecule has 0 aliphatic heterocycles. The van der Waals surface area contributed by atoms with Crippen LogP contribution in [0.25, 0.3) is 93.6 Å². The molecule has 0 amide bonds. The van der Waals surface area contributed by atoms with Gasteiger partial charge in [-0.3, -0.25) is 0 Å². The molecule has 0 N–H and O–H groups in total. The summed E-state index contributed by atoms with van der Waals surface area (Å²) in [5, 5.41) is 27.2. The normalized spacial score (nSPS) is 11.6. The highest BCUT2D eigenvalue weighted by molar-refractivity contribution is 6.13. The predicted molar refractivity (Wildman–Crippen MR) is 224 cm³/mol. The van der Waals surface area contributed by atoms with Crippen LogP contribution in [-0.4, -0.2) is 13.7 Å². The van der Waals surface area contributed by atoms with E-state index in [9.17, 15) is 10.5 Å². The highest BCUT2D eigenvalue weighted by Gasteiger charge is 2.21. The molecule has 0 bridgehead atoms. The van der Waals surface area contributed by atoms with E-state index < -0.39 is 0 Å². The number of nitrogens with zero attached hydrogens (tertiary/aromatic N) is 5. The minimum absolute atomic E-state index is 0.572. The zero-order valence-electron chi connectivity index (χ0n) is 29.5. The largest absolute Gasteiger partial charge is 0.309 e. The maximum atomic E-state index is 10.6. The van der Waals surface area contributed by atoms with Crippen molar-refractivity contribution in [1.29, 1.82) is 10.5 Å². The van der Waals surface area contributed by atoms with Crippen LogP contribution in [-0.2, 0) is 0 Å². The molecule has 0 saturated heterocycles. The van der Waals surface area contributed by atoms with E-state index in [0.29, 0.717) is 11.1 Å². The maximum Gasteiger partial charge on any atom is 0.101 e. The summed E-state index contributed by atoms with van der Waals surface area (Å²) in [4.78, 5) is 0. The van der Waals surface area contributed by atoms with Crippen LogP contribution >= 0.6 is 0 Å².